The van der Waals surface area contributed by atoms with Gasteiger partial charge in [0, 0.05) is 14.1 Å². The van der Waals surface area contributed by atoms with E-state index in [2.05, 4.69) is 6.07 Å². The number of rotatable bonds is 0. The summed E-state index contributed by atoms with van der Waals surface area (Å²) in [6.45, 7) is 0. The molecule has 0 N–H and O–H groups in total. The minimum atomic E-state index is -0.400. The third-order valence-electron chi connectivity index (χ3n) is 1.27. The quantitative estimate of drug-likeness (QED) is 0.456. The van der Waals surface area contributed by atoms with Gasteiger partial charge in [0.2, 0.25) is 0 Å². The van der Waals surface area contributed by atoms with Gasteiger partial charge in [0.25, 0.3) is 0 Å². The Balaban J connectivity index is 0.000000561. The van der Waals surface area contributed by atoms with Crippen molar-refractivity contribution < 1.29 is 17.3 Å². The van der Waals surface area contributed by atoms with Gasteiger partial charge in [0.1, 0.15) is 0 Å². The maximum atomic E-state index is 10.9. The van der Waals surface area contributed by atoms with E-state index < -0.39 is 5.56 Å². The fourth-order valence-corrected chi connectivity index (χ4v) is 0.628. The van der Waals surface area contributed by atoms with Gasteiger partial charge in [-0.3, -0.25) is 4.57 Å². The molecule has 1 heterocycles. The van der Waals surface area contributed by atoms with E-state index in [0.717, 1.165) is 21.9 Å². The Morgan fingerprint density at radius 3 is 2.33 bits per heavy atom. The summed E-state index contributed by atoms with van der Waals surface area (Å²) in [5.41, 5.74) is -0.730. The van der Waals surface area contributed by atoms with E-state index >= 15 is 0 Å². The molecule has 0 saturated heterocycles. The van der Waals surface area contributed by atoms with Gasteiger partial charge in [-0.2, -0.15) is 6.20 Å². The van der Waals surface area contributed by atoms with Crippen molar-refractivity contribution in [3.63, 3.8) is 0 Å². The van der Waals surface area contributed by atoms with Crippen molar-refractivity contribution >= 4 is 9.69 Å². The first kappa shape index (κ1) is 11.6. The predicted octanol–water partition coefficient (Wildman–Crippen LogP) is -0.429. The Hall–Kier alpha value is -0.407. The van der Waals surface area contributed by atoms with Crippen LogP contribution in [0.25, 0.3) is 0 Å². The number of hydrogen-bond donors (Lipinski definition) is 0. The summed E-state index contributed by atoms with van der Waals surface area (Å²) in [4.78, 5) is 21.6. The third-order valence-corrected chi connectivity index (χ3v) is 1.27. The standard InChI is InChI=1S/C6H7N2O2.ClH.Zn/c1-7-4-3-5(9)8(2)6(7)10;;/h4H,1-2H3;1H;/q-1;;+2/p-1. The van der Waals surface area contributed by atoms with Crippen LogP contribution in [0.1, 0.15) is 0 Å². The fourth-order valence-electron chi connectivity index (χ4n) is 0.628. The van der Waals surface area contributed by atoms with Gasteiger partial charge >= 0.3 is 32.7 Å². The van der Waals surface area contributed by atoms with Gasteiger partial charge in [-0.1, -0.05) is 0 Å². The van der Waals surface area contributed by atoms with Crippen LogP contribution >= 0.6 is 9.69 Å². The molecule has 1 rings (SSSR count). The molecule has 0 saturated carbocycles. The van der Waals surface area contributed by atoms with Gasteiger partial charge in [0.15, 0.2) is 0 Å². The molecule has 62 valence electrons. The number of hydrogen-bond acceptors (Lipinski definition) is 2. The second kappa shape index (κ2) is 5.28. The van der Waals surface area contributed by atoms with Crippen molar-refractivity contribution in [2.75, 3.05) is 0 Å². The van der Waals surface area contributed by atoms with E-state index in [1.807, 2.05) is 0 Å². The van der Waals surface area contributed by atoms with E-state index in [1.165, 1.54) is 17.8 Å². The van der Waals surface area contributed by atoms with Gasteiger partial charge < -0.3 is 15.4 Å². The van der Waals surface area contributed by atoms with Crippen LogP contribution in [0.2, 0.25) is 0 Å². The Morgan fingerprint density at radius 2 is 1.92 bits per heavy atom. The first-order valence-corrected chi connectivity index (χ1v) is 6.94. The van der Waals surface area contributed by atoms with Crippen LogP contribution in [-0.2, 0) is 31.4 Å². The number of aromatic nitrogens is 2. The Kier molecular flexibility index (Phi) is 5.10. The van der Waals surface area contributed by atoms with Gasteiger partial charge in [-0.25, -0.2) is 4.79 Å². The molecule has 0 spiro atoms. The molecule has 0 amide bonds. The molecule has 4 nitrogen and oxygen atoms in total. The molecule has 12 heavy (non-hydrogen) atoms. The summed E-state index contributed by atoms with van der Waals surface area (Å²) in [7, 11) is 7.75. The molecule has 0 aromatic carbocycles. The van der Waals surface area contributed by atoms with Gasteiger partial charge in [0.05, 0.1) is 5.56 Å². The molecule has 0 unspecified atom stereocenters. The minimum absolute atomic E-state index is 0.330. The van der Waals surface area contributed by atoms with Crippen LogP contribution in [-0.4, -0.2) is 9.13 Å². The molecule has 0 aliphatic carbocycles. The van der Waals surface area contributed by atoms with Crippen molar-refractivity contribution in [2.45, 2.75) is 0 Å². The van der Waals surface area contributed by atoms with Crippen LogP contribution in [0.3, 0.4) is 0 Å². The van der Waals surface area contributed by atoms with E-state index in [-0.39, 0.29) is 5.69 Å². The fraction of sp³-hybridized carbons (Fsp3) is 0.333. The molecule has 0 aliphatic rings. The van der Waals surface area contributed by atoms with E-state index in [9.17, 15) is 9.59 Å². The monoisotopic (exact) mass is 238 g/mol. The van der Waals surface area contributed by atoms with E-state index in [1.54, 1.807) is 7.05 Å². The summed E-state index contributed by atoms with van der Waals surface area (Å²) < 4.78 is 2.29. The summed E-state index contributed by atoms with van der Waals surface area (Å²) in [6, 6.07) is 2.38. The average Bonchev–Trinajstić information content (AvgIpc) is 2.12. The molecule has 0 radical (unpaired) electrons. The first-order chi connectivity index (χ1) is 5.63. The van der Waals surface area contributed by atoms with Crippen molar-refractivity contribution in [3.8, 4) is 0 Å². The Labute approximate surface area is 83.5 Å². The molecule has 1 aromatic rings. The van der Waals surface area contributed by atoms with Crippen LogP contribution in [0.15, 0.2) is 15.8 Å². The molecule has 0 atom stereocenters. The maximum absolute atomic E-state index is 10.9. The summed E-state index contributed by atoms with van der Waals surface area (Å²) in [6.07, 6.45) is 1.32. The van der Waals surface area contributed by atoms with E-state index in [0.29, 0.717) is 0 Å². The topological polar surface area (TPSA) is 44.0 Å². The zero-order valence-corrected chi connectivity index (χ0v) is 10.6. The number of halogens is 1. The second-order valence-electron chi connectivity index (χ2n) is 2.03. The molecule has 0 fully saturated rings. The number of aryl methyl sites for hydroxylation is 1. The van der Waals surface area contributed by atoms with Crippen molar-refractivity contribution in [1.82, 2.24) is 9.13 Å². The van der Waals surface area contributed by atoms with Crippen molar-refractivity contribution in [2.24, 2.45) is 14.1 Å². The molecule has 1 aromatic heterocycles. The van der Waals surface area contributed by atoms with Crippen LogP contribution in [0.4, 0.5) is 0 Å². The zero-order chi connectivity index (χ0) is 9.72. The molecule has 6 heteroatoms. The zero-order valence-electron chi connectivity index (χ0n) is 6.87. The van der Waals surface area contributed by atoms with Crippen LogP contribution < -0.4 is 11.2 Å². The van der Waals surface area contributed by atoms with Gasteiger partial charge in [-0.15, -0.1) is 0 Å². The third kappa shape index (κ3) is 2.57. The predicted molar refractivity (Wildman–Crippen MR) is 41.6 cm³/mol. The van der Waals surface area contributed by atoms with Gasteiger partial charge in [-0.05, 0) is 0 Å². The average molecular weight is 240 g/mol. The summed E-state index contributed by atoms with van der Waals surface area (Å²) in [5, 5.41) is 0. The van der Waals surface area contributed by atoms with Crippen LogP contribution in [0.5, 0.6) is 0 Å². The molecule has 0 aliphatic heterocycles. The van der Waals surface area contributed by atoms with Crippen LogP contribution in [0, 0.1) is 6.07 Å². The Morgan fingerprint density at radius 1 is 1.42 bits per heavy atom. The first-order valence-electron chi connectivity index (χ1n) is 3.04. The molecule has 0 bridgehead atoms. The van der Waals surface area contributed by atoms with Crippen molar-refractivity contribution in [1.29, 1.82) is 0 Å². The summed E-state index contributed by atoms with van der Waals surface area (Å²) >= 11 is 0.847. The molecular weight excluding hydrogens is 233 g/mol. The van der Waals surface area contributed by atoms with E-state index in [4.69, 9.17) is 9.69 Å². The van der Waals surface area contributed by atoms with Crippen molar-refractivity contribution in [3.05, 3.63) is 33.1 Å². The normalized spacial score (nSPS) is 8.75. The second-order valence-corrected chi connectivity index (χ2v) is 2.03. The Bertz CT molecular complexity index is 357. The summed E-state index contributed by atoms with van der Waals surface area (Å²) in [5.74, 6) is 0. The number of nitrogens with zero attached hydrogens (tertiary/aromatic N) is 2. The SMILES string of the molecule is Cn1c[c-]c(=O)n(C)c1=O.[Cl][Zn+]. The molecular formula is C6H7ClN2O2Zn.